The lowest BCUT2D eigenvalue weighted by Crippen LogP contribution is -2.25. The smallest absolute Gasteiger partial charge is 0.286 e. The fraction of sp³-hybridized carbons (Fsp3) is 0.192. The molecule has 8 nitrogen and oxygen atoms in total. The zero-order chi connectivity index (χ0) is 24.5. The third-order valence-corrected chi connectivity index (χ3v) is 6.77. The molecule has 2 heterocycles. The number of fused-ring (bicyclic) bond motifs is 1. The second-order valence-corrected chi connectivity index (χ2v) is 9.63. The number of H-pyrrole nitrogens is 1. The van der Waals surface area contributed by atoms with Crippen LogP contribution in [0.5, 0.6) is 17.2 Å². The van der Waals surface area contributed by atoms with E-state index in [0.717, 1.165) is 50.9 Å². The topological polar surface area (TPSA) is 119 Å². The zero-order valence-corrected chi connectivity index (χ0v) is 20.1. The summed E-state index contributed by atoms with van der Waals surface area (Å²) in [5.41, 5.74) is 11.4. The molecule has 0 unspecified atom stereocenters. The number of ether oxygens (including phenoxy) is 2. The predicted molar refractivity (Wildman–Crippen MR) is 136 cm³/mol. The van der Waals surface area contributed by atoms with Crippen LogP contribution in [0.15, 0.2) is 54.6 Å². The second-order valence-electron chi connectivity index (χ2n) is 8.46. The molecule has 0 spiro atoms. The largest absolute Gasteiger partial charge is 0.486 e. The van der Waals surface area contributed by atoms with Crippen LogP contribution in [0.4, 0.5) is 10.5 Å². The number of aryl methyl sites for hydroxylation is 2. The van der Waals surface area contributed by atoms with Crippen molar-refractivity contribution in [2.24, 2.45) is 0 Å². The van der Waals surface area contributed by atoms with Gasteiger partial charge in [0.1, 0.15) is 29.7 Å². The van der Waals surface area contributed by atoms with E-state index >= 15 is 0 Å². The van der Waals surface area contributed by atoms with Crippen molar-refractivity contribution in [2.75, 3.05) is 5.73 Å². The van der Waals surface area contributed by atoms with Gasteiger partial charge in [-0.15, -0.1) is 0 Å². The summed E-state index contributed by atoms with van der Waals surface area (Å²) >= 11 is 1.03. The number of aromatic amines is 1. The normalized spacial score (nSPS) is 15.4. The number of nitrogens with one attached hydrogen (secondary N) is 2. The first-order valence-electron chi connectivity index (χ1n) is 11.1. The number of amides is 2. The van der Waals surface area contributed by atoms with Crippen LogP contribution in [0, 0.1) is 13.8 Å². The summed E-state index contributed by atoms with van der Waals surface area (Å²) in [7, 11) is 0. The number of thioether (sulfide) groups is 1. The lowest BCUT2D eigenvalue weighted by molar-refractivity contribution is -0.118. The lowest BCUT2D eigenvalue weighted by atomic mass is 10.1. The number of imide groups is 1. The highest BCUT2D eigenvalue weighted by molar-refractivity contribution is 8.15. The van der Waals surface area contributed by atoms with E-state index in [2.05, 4.69) is 15.3 Å². The van der Waals surface area contributed by atoms with Crippen molar-refractivity contribution in [1.29, 1.82) is 0 Å². The molecule has 2 amide bonds. The number of anilines is 1. The molecule has 3 aromatic carbocycles. The van der Waals surface area contributed by atoms with E-state index in [1.54, 1.807) is 0 Å². The number of carbonyl (C=O) groups excluding carboxylic acids is 2. The van der Waals surface area contributed by atoms with Gasteiger partial charge in [0.25, 0.3) is 5.24 Å². The van der Waals surface area contributed by atoms with E-state index in [1.165, 1.54) is 0 Å². The van der Waals surface area contributed by atoms with Crippen LogP contribution in [0.1, 0.15) is 22.5 Å². The van der Waals surface area contributed by atoms with Crippen molar-refractivity contribution >= 4 is 39.6 Å². The van der Waals surface area contributed by atoms with Gasteiger partial charge < -0.3 is 20.2 Å². The maximum atomic E-state index is 11.7. The Labute approximate surface area is 206 Å². The van der Waals surface area contributed by atoms with Crippen molar-refractivity contribution in [3.63, 3.8) is 0 Å². The molecule has 0 radical (unpaired) electrons. The molecule has 35 heavy (non-hydrogen) atoms. The molecule has 0 saturated carbocycles. The molecule has 9 heteroatoms. The van der Waals surface area contributed by atoms with Gasteiger partial charge in [-0.3, -0.25) is 14.9 Å². The molecule has 4 aromatic rings. The van der Waals surface area contributed by atoms with E-state index in [0.29, 0.717) is 23.7 Å². The number of hydrogen-bond acceptors (Lipinski definition) is 7. The summed E-state index contributed by atoms with van der Waals surface area (Å²) in [4.78, 5) is 30.9. The fourth-order valence-corrected chi connectivity index (χ4v) is 4.78. The van der Waals surface area contributed by atoms with Crippen LogP contribution in [0.3, 0.4) is 0 Å². The first-order valence-corrected chi connectivity index (χ1v) is 12.0. The summed E-state index contributed by atoms with van der Waals surface area (Å²) in [6.07, 6.45) is 0.492. The number of nitrogens with two attached hydrogens (primary N) is 1. The van der Waals surface area contributed by atoms with Crippen LogP contribution in [0.2, 0.25) is 0 Å². The van der Waals surface area contributed by atoms with Gasteiger partial charge in [-0.1, -0.05) is 23.9 Å². The zero-order valence-electron chi connectivity index (χ0n) is 19.3. The molecule has 0 bridgehead atoms. The summed E-state index contributed by atoms with van der Waals surface area (Å²) < 4.78 is 11.9. The van der Waals surface area contributed by atoms with Crippen molar-refractivity contribution in [1.82, 2.24) is 15.3 Å². The van der Waals surface area contributed by atoms with Crippen molar-refractivity contribution in [2.45, 2.75) is 32.1 Å². The van der Waals surface area contributed by atoms with E-state index < -0.39 is 0 Å². The number of carbonyl (C=O) groups is 2. The van der Waals surface area contributed by atoms with Crippen molar-refractivity contribution in [3.8, 4) is 17.2 Å². The van der Waals surface area contributed by atoms with E-state index in [-0.39, 0.29) is 23.0 Å². The molecular formula is C26H24N4O4S. The maximum Gasteiger partial charge on any atom is 0.286 e. The third-order valence-electron chi connectivity index (χ3n) is 5.79. The van der Waals surface area contributed by atoms with E-state index in [9.17, 15) is 9.59 Å². The highest BCUT2D eigenvalue weighted by Gasteiger charge is 2.31. The van der Waals surface area contributed by atoms with E-state index in [4.69, 9.17) is 15.2 Å². The lowest BCUT2D eigenvalue weighted by Gasteiger charge is -2.10. The second kappa shape index (κ2) is 9.34. The van der Waals surface area contributed by atoms with Crippen LogP contribution >= 0.6 is 11.8 Å². The molecule has 5 rings (SSSR count). The molecular weight excluding hydrogens is 464 g/mol. The van der Waals surface area contributed by atoms with Gasteiger partial charge in [0.15, 0.2) is 0 Å². The Balaban J connectivity index is 1.21. The number of rotatable bonds is 7. The molecule has 1 saturated heterocycles. The highest BCUT2D eigenvalue weighted by Crippen LogP contribution is 2.29. The van der Waals surface area contributed by atoms with Gasteiger partial charge in [0.2, 0.25) is 5.91 Å². The van der Waals surface area contributed by atoms with Gasteiger partial charge in [0, 0.05) is 11.8 Å². The highest BCUT2D eigenvalue weighted by atomic mass is 32.2. The maximum absolute atomic E-state index is 11.7. The fourth-order valence-electron chi connectivity index (χ4n) is 3.92. The summed E-state index contributed by atoms with van der Waals surface area (Å²) in [5, 5.41) is 1.63. The minimum atomic E-state index is -0.383. The average Bonchev–Trinajstić information content (AvgIpc) is 3.38. The van der Waals surface area contributed by atoms with Crippen LogP contribution in [-0.4, -0.2) is 26.4 Å². The van der Waals surface area contributed by atoms with Crippen molar-refractivity contribution in [3.05, 3.63) is 77.1 Å². The molecule has 4 N–H and O–H groups in total. The number of benzene rings is 3. The van der Waals surface area contributed by atoms with Gasteiger partial charge in [0.05, 0.1) is 16.3 Å². The molecule has 1 fully saturated rings. The Kier molecular flexibility index (Phi) is 6.08. The van der Waals surface area contributed by atoms with Crippen LogP contribution in [-0.2, 0) is 17.8 Å². The predicted octanol–water partition coefficient (Wildman–Crippen LogP) is 5.03. The number of nitrogens with zero attached hydrogens (tertiary/aromatic N) is 1. The number of nitrogen functional groups attached to an aromatic ring is 1. The third kappa shape index (κ3) is 5.09. The van der Waals surface area contributed by atoms with Gasteiger partial charge in [-0.2, -0.15) is 0 Å². The number of hydrogen-bond donors (Lipinski definition) is 3. The minimum absolute atomic E-state index is 0.238. The summed E-state index contributed by atoms with van der Waals surface area (Å²) in [5.74, 6) is 2.57. The number of aromatic nitrogens is 2. The average molecular weight is 489 g/mol. The van der Waals surface area contributed by atoms with Crippen molar-refractivity contribution < 1.29 is 19.1 Å². The Bertz CT molecular complexity index is 1410. The first-order chi connectivity index (χ1) is 16.8. The van der Waals surface area contributed by atoms with Gasteiger partial charge in [-0.25, -0.2) is 4.98 Å². The molecule has 1 aromatic heterocycles. The Morgan fingerprint density at radius 1 is 0.971 bits per heavy atom. The Morgan fingerprint density at radius 2 is 1.69 bits per heavy atom. The van der Waals surface area contributed by atoms with Gasteiger partial charge in [-0.05, 0) is 73.4 Å². The SMILES string of the molecule is Cc1cc(Oc2ccc3nc(COc4ccc(C[C@@H]5SC(=O)NC5=O)cc4)[nH]c3c2)cc(C)c1N. The molecule has 178 valence electrons. The standard InChI is InChI=1S/C26H24N4O4S/c1-14-9-19(10-15(2)24(14)27)34-18-7-8-20-21(12-18)29-23(28-20)13-33-17-5-3-16(4-6-17)11-22-25(31)30-26(32)35-22/h3-10,12,22H,11,13,27H2,1-2H3,(H,28,29)(H,30,31,32)/t22-/m0/s1. The van der Waals surface area contributed by atoms with Crippen LogP contribution < -0.4 is 20.5 Å². The molecule has 1 atom stereocenters. The minimum Gasteiger partial charge on any atom is -0.486 e. The molecule has 0 aliphatic carbocycles. The van der Waals surface area contributed by atoms with Gasteiger partial charge >= 0.3 is 0 Å². The van der Waals surface area contributed by atoms with E-state index in [1.807, 2.05) is 68.4 Å². The number of imidazole rings is 1. The molecule has 1 aliphatic heterocycles. The summed E-state index contributed by atoms with van der Waals surface area (Å²) in [6.45, 7) is 4.20. The Morgan fingerprint density at radius 3 is 2.37 bits per heavy atom. The molecule has 1 aliphatic rings. The summed E-state index contributed by atoms with van der Waals surface area (Å²) in [6, 6.07) is 17.0. The van der Waals surface area contributed by atoms with Crippen LogP contribution in [0.25, 0.3) is 11.0 Å². The quantitative estimate of drug-likeness (QED) is 0.312. The monoisotopic (exact) mass is 488 g/mol. The first kappa shape index (κ1) is 22.8. The Hall–Kier alpha value is -3.98.